The number of amides is 1. The minimum absolute atomic E-state index is 0.267. The van der Waals surface area contributed by atoms with Gasteiger partial charge < -0.3 is 24.6 Å². The van der Waals surface area contributed by atoms with E-state index in [1.165, 1.54) is 11.1 Å². The Hall–Kier alpha value is -2.12. The van der Waals surface area contributed by atoms with Crippen molar-refractivity contribution in [1.29, 1.82) is 0 Å². The molecule has 0 radical (unpaired) electrons. The summed E-state index contributed by atoms with van der Waals surface area (Å²) in [5.74, 6) is 1.74. The first-order chi connectivity index (χ1) is 14.2. The van der Waals surface area contributed by atoms with Gasteiger partial charge in [0.1, 0.15) is 0 Å². The second kappa shape index (κ2) is 11.2. The van der Waals surface area contributed by atoms with Gasteiger partial charge in [0.25, 0.3) is 0 Å². The molecule has 1 aromatic carbocycles. The molecule has 7 nitrogen and oxygen atoms in total. The zero-order chi connectivity index (χ0) is 20.5. The SMILES string of the molecule is CN=C(NCc1cccc(CN2CCCC2=O)c1)N1CCC(COCCOC)C1. The maximum absolute atomic E-state index is 11.9. The molecule has 0 aromatic heterocycles. The molecule has 29 heavy (non-hydrogen) atoms. The molecule has 7 heteroatoms. The fourth-order valence-electron chi connectivity index (χ4n) is 4.00. The Morgan fingerprint density at radius 2 is 2.14 bits per heavy atom. The van der Waals surface area contributed by atoms with Gasteiger partial charge in [-0.25, -0.2) is 0 Å². The van der Waals surface area contributed by atoms with Crippen molar-refractivity contribution >= 4 is 11.9 Å². The summed E-state index contributed by atoms with van der Waals surface area (Å²) in [6.07, 6.45) is 2.78. The first kappa shape index (κ1) is 21.6. The van der Waals surface area contributed by atoms with Crippen LogP contribution in [0.15, 0.2) is 29.3 Å². The van der Waals surface area contributed by atoms with Crippen molar-refractivity contribution in [2.75, 3.05) is 53.6 Å². The Kier molecular flexibility index (Phi) is 8.31. The molecule has 0 aliphatic carbocycles. The molecule has 2 fully saturated rings. The monoisotopic (exact) mass is 402 g/mol. The van der Waals surface area contributed by atoms with Crippen molar-refractivity contribution < 1.29 is 14.3 Å². The van der Waals surface area contributed by atoms with Crippen LogP contribution >= 0.6 is 0 Å². The van der Waals surface area contributed by atoms with Crippen LogP contribution in [0.4, 0.5) is 0 Å². The maximum Gasteiger partial charge on any atom is 0.222 e. The van der Waals surface area contributed by atoms with Gasteiger partial charge in [0.05, 0.1) is 19.8 Å². The predicted molar refractivity (Wildman–Crippen MR) is 114 cm³/mol. The molecule has 0 spiro atoms. The predicted octanol–water partition coefficient (Wildman–Crippen LogP) is 1.87. The zero-order valence-corrected chi connectivity index (χ0v) is 17.7. The lowest BCUT2D eigenvalue weighted by Crippen LogP contribution is -2.39. The number of carbonyl (C=O) groups is 1. The second-order valence-corrected chi connectivity index (χ2v) is 7.81. The summed E-state index contributed by atoms with van der Waals surface area (Å²) >= 11 is 0. The minimum Gasteiger partial charge on any atom is -0.382 e. The van der Waals surface area contributed by atoms with Gasteiger partial charge in [0.15, 0.2) is 5.96 Å². The van der Waals surface area contributed by atoms with Crippen LogP contribution in [-0.4, -0.2) is 75.3 Å². The summed E-state index contributed by atoms with van der Waals surface area (Å²) < 4.78 is 10.7. The highest BCUT2D eigenvalue weighted by atomic mass is 16.5. The van der Waals surface area contributed by atoms with Gasteiger partial charge in [-0.15, -0.1) is 0 Å². The van der Waals surface area contributed by atoms with Crippen LogP contribution in [0, 0.1) is 5.92 Å². The van der Waals surface area contributed by atoms with Gasteiger partial charge in [-0.3, -0.25) is 9.79 Å². The molecule has 2 heterocycles. The average molecular weight is 403 g/mol. The number of rotatable bonds is 9. The van der Waals surface area contributed by atoms with Crippen LogP contribution in [0.1, 0.15) is 30.4 Å². The maximum atomic E-state index is 11.9. The first-order valence-corrected chi connectivity index (χ1v) is 10.6. The van der Waals surface area contributed by atoms with E-state index < -0.39 is 0 Å². The summed E-state index contributed by atoms with van der Waals surface area (Å²) in [5, 5.41) is 3.49. The van der Waals surface area contributed by atoms with Gasteiger partial charge in [-0.05, 0) is 24.0 Å². The molecule has 3 rings (SSSR count). The number of guanidine groups is 1. The molecular formula is C22H34N4O3. The number of carbonyl (C=O) groups excluding carboxylic acids is 1. The quantitative estimate of drug-likeness (QED) is 0.388. The van der Waals surface area contributed by atoms with Crippen molar-refractivity contribution in [2.24, 2.45) is 10.9 Å². The highest BCUT2D eigenvalue weighted by Gasteiger charge is 2.25. The van der Waals surface area contributed by atoms with Crippen LogP contribution in [0.3, 0.4) is 0 Å². The van der Waals surface area contributed by atoms with Crippen molar-refractivity contribution in [3.63, 3.8) is 0 Å². The molecule has 0 bridgehead atoms. The third kappa shape index (κ3) is 6.44. The topological polar surface area (TPSA) is 66.4 Å². The van der Waals surface area contributed by atoms with E-state index in [9.17, 15) is 4.79 Å². The van der Waals surface area contributed by atoms with E-state index in [0.29, 0.717) is 32.1 Å². The summed E-state index contributed by atoms with van der Waals surface area (Å²) in [4.78, 5) is 20.6. The number of hydrogen-bond acceptors (Lipinski definition) is 4. The number of benzene rings is 1. The van der Waals surface area contributed by atoms with Crippen LogP contribution in [0.25, 0.3) is 0 Å². The lowest BCUT2D eigenvalue weighted by molar-refractivity contribution is -0.128. The normalized spacial score (nSPS) is 20.0. The van der Waals surface area contributed by atoms with Crippen LogP contribution in [-0.2, 0) is 27.4 Å². The van der Waals surface area contributed by atoms with E-state index >= 15 is 0 Å². The Morgan fingerprint density at radius 3 is 2.90 bits per heavy atom. The largest absolute Gasteiger partial charge is 0.382 e. The second-order valence-electron chi connectivity index (χ2n) is 7.81. The zero-order valence-electron chi connectivity index (χ0n) is 17.7. The molecule has 1 amide bonds. The summed E-state index contributed by atoms with van der Waals surface area (Å²) in [6.45, 7) is 6.33. The van der Waals surface area contributed by atoms with Crippen LogP contribution < -0.4 is 5.32 Å². The summed E-state index contributed by atoms with van der Waals surface area (Å²) in [5.41, 5.74) is 2.39. The van der Waals surface area contributed by atoms with Crippen LogP contribution in [0.2, 0.25) is 0 Å². The standard InChI is InChI=1S/C22H34N4O3/c1-23-22(26-10-8-20(16-26)17-29-12-11-28-2)24-14-18-5-3-6-19(13-18)15-25-9-4-7-21(25)27/h3,5-6,13,20H,4,7-12,14-17H2,1-2H3,(H,23,24). The number of ether oxygens (including phenoxy) is 2. The molecule has 2 saturated heterocycles. The number of hydrogen-bond donors (Lipinski definition) is 1. The molecule has 1 N–H and O–H groups in total. The minimum atomic E-state index is 0.267. The molecule has 0 saturated carbocycles. The number of aliphatic imine (C=N–C) groups is 1. The molecule has 1 atom stereocenters. The van der Waals surface area contributed by atoms with Crippen molar-refractivity contribution in [2.45, 2.75) is 32.4 Å². The highest BCUT2D eigenvalue weighted by Crippen LogP contribution is 2.18. The van der Waals surface area contributed by atoms with Crippen molar-refractivity contribution in [3.8, 4) is 0 Å². The Morgan fingerprint density at radius 1 is 1.28 bits per heavy atom. The Balaban J connectivity index is 1.46. The first-order valence-electron chi connectivity index (χ1n) is 10.6. The van der Waals surface area contributed by atoms with Gasteiger partial charge in [-0.2, -0.15) is 0 Å². The van der Waals surface area contributed by atoms with E-state index in [0.717, 1.165) is 51.6 Å². The molecule has 160 valence electrons. The third-order valence-corrected chi connectivity index (χ3v) is 5.57. The summed E-state index contributed by atoms with van der Waals surface area (Å²) in [6, 6.07) is 8.46. The summed E-state index contributed by atoms with van der Waals surface area (Å²) in [7, 11) is 3.53. The van der Waals surface area contributed by atoms with E-state index in [2.05, 4.69) is 39.5 Å². The molecular weight excluding hydrogens is 368 g/mol. The van der Waals surface area contributed by atoms with Crippen LogP contribution in [0.5, 0.6) is 0 Å². The van der Waals surface area contributed by atoms with E-state index in [1.807, 2.05) is 11.9 Å². The number of nitrogens with zero attached hydrogens (tertiary/aromatic N) is 3. The average Bonchev–Trinajstić information content (AvgIpc) is 3.36. The third-order valence-electron chi connectivity index (χ3n) is 5.57. The van der Waals surface area contributed by atoms with Crippen molar-refractivity contribution in [3.05, 3.63) is 35.4 Å². The molecule has 2 aliphatic rings. The van der Waals surface area contributed by atoms with Gasteiger partial charge in [0.2, 0.25) is 5.91 Å². The lowest BCUT2D eigenvalue weighted by Gasteiger charge is -2.22. The molecule has 2 aliphatic heterocycles. The van der Waals surface area contributed by atoms with E-state index in [1.54, 1.807) is 7.11 Å². The highest BCUT2D eigenvalue weighted by molar-refractivity contribution is 5.80. The molecule has 1 aromatic rings. The van der Waals surface area contributed by atoms with Crippen molar-refractivity contribution in [1.82, 2.24) is 15.1 Å². The fourth-order valence-corrected chi connectivity index (χ4v) is 4.00. The Labute approximate surface area is 174 Å². The lowest BCUT2D eigenvalue weighted by atomic mass is 10.1. The number of methoxy groups -OCH3 is 1. The van der Waals surface area contributed by atoms with Gasteiger partial charge >= 0.3 is 0 Å². The fraction of sp³-hybridized carbons (Fsp3) is 0.636. The number of nitrogens with one attached hydrogen (secondary N) is 1. The van der Waals surface area contributed by atoms with E-state index in [4.69, 9.17) is 9.47 Å². The number of likely N-dealkylation sites (tertiary alicyclic amines) is 2. The van der Waals surface area contributed by atoms with E-state index in [-0.39, 0.29) is 5.91 Å². The Bertz CT molecular complexity index is 694. The smallest absolute Gasteiger partial charge is 0.222 e. The van der Waals surface area contributed by atoms with Gasteiger partial charge in [-0.1, -0.05) is 24.3 Å². The van der Waals surface area contributed by atoms with Gasteiger partial charge in [0, 0.05) is 59.2 Å². The molecule has 1 unspecified atom stereocenters.